The zero-order valence-corrected chi connectivity index (χ0v) is 27.9. The molecule has 18 heteroatoms. The quantitative estimate of drug-likeness (QED) is 0.134. The van der Waals surface area contributed by atoms with Crippen LogP contribution >= 0.6 is 29.3 Å². The summed E-state index contributed by atoms with van der Waals surface area (Å²) in [6.07, 6.45) is 1.32. The first kappa shape index (κ1) is 34.1. The van der Waals surface area contributed by atoms with Gasteiger partial charge >= 0.3 is 15.2 Å². The summed E-state index contributed by atoms with van der Waals surface area (Å²) in [5.74, 6) is 1.21. The molecule has 2 unspecified atom stereocenters. The molecule has 39 heavy (non-hydrogen) atoms. The van der Waals surface area contributed by atoms with Crippen LogP contribution in [-0.2, 0) is 50.8 Å². The van der Waals surface area contributed by atoms with E-state index in [1.165, 1.54) is 28.4 Å². The first-order valence-electron chi connectivity index (χ1n) is 11.3. The predicted molar refractivity (Wildman–Crippen MR) is 165 cm³/mol. The molecule has 1 N–H and O–H groups in total. The maximum absolute atomic E-state index is 12.8. The Bertz CT molecular complexity index is 1190. The Labute approximate surface area is 241 Å². The summed E-state index contributed by atoms with van der Waals surface area (Å²) in [7, 11) is -1.74. The lowest BCUT2D eigenvalue weighted by atomic mass is 10.2. The van der Waals surface area contributed by atoms with Crippen LogP contribution in [0.4, 0.5) is 5.69 Å². The third-order valence-corrected chi connectivity index (χ3v) is 12.5. The fourth-order valence-electron chi connectivity index (χ4n) is 2.88. The SMILES string of the molecule is CN[PH](=S)Oc1ccc(/C=N/N(C)[PH](=S)Oc2ccc(N(CP(=O)(OC)OC)CP(=O)(OC)OC)cc2)cc1. The second-order valence-corrected chi connectivity index (χ2v) is 16.9. The van der Waals surface area contributed by atoms with Gasteiger partial charge in [0.1, 0.15) is 24.1 Å². The Morgan fingerprint density at radius 2 is 1.31 bits per heavy atom. The zero-order chi connectivity index (χ0) is 29.1. The fourth-order valence-corrected chi connectivity index (χ4v) is 6.95. The molecule has 0 saturated heterocycles. The van der Waals surface area contributed by atoms with Crippen molar-refractivity contribution in [2.24, 2.45) is 5.10 Å². The van der Waals surface area contributed by atoms with Crippen LogP contribution in [0.15, 0.2) is 53.6 Å². The van der Waals surface area contributed by atoms with Crippen LogP contribution in [0.1, 0.15) is 5.56 Å². The van der Waals surface area contributed by atoms with Gasteiger partial charge in [0, 0.05) is 41.2 Å². The molecule has 0 amide bonds. The molecule has 218 valence electrons. The van der Waals surface area contributed by atoms with Gasteiger partial charge in [-0.15, -0.1) is 0 Å². The topological polar surface area (TPSA) is 120 Å². The van der Waals surface area contributed by atoms with Crippen LogP contribution < -0.4 is 19.0 Å². The minimum Gasteiger partial charge on any atom is -0.456 e. The molecule has 0 aromatic heterocycles. The molecule has 0 saturated carbocycles. The number of hydrazone groups is 1. The molecule has 2 atom stereocenters. The monoisotopic (exact) mass is 658 g/mol. The van der Waals surface area contributed by atoms with Crippen molar-refractivity contribution in [1.29, 1.82) is 0 Å². The van der Waals surface area contributed by atoms with Gasteiger partial charge in [-0.2, -0.15) is 5.10 Å². The van der Waals surface area contributed by atoms with Gasteiger partial charge < -0.3 is 32.0 Å². The van der Waals surface area contributed by atoms with Crippen LogP contribution in [0, 0.1) is 0 Å². The van der Waals surface area contributed by atoms with Crippen molar-refractivity contribution in [2.75, 3.05) is 60.0 Å². The van der Waals surface area contributed by atoms with Crippen molar-refractivity contribution in [3.8, 4) is 11.5 Å². The number of benzene rings is 2. The smallest absolute Gasteiger partial charge is 0.349 e. The lowest BCUT2D eigenvalue weighted by Crippen LogP contribution is -2.27. The summed E-state index contributed by atoms with van der Waals surface area (Å²) in [4.78, 5) is 1.55. The summed E-state index contributed by atoms with van der Waals surface area (Å²) < 4.78 is 59.0. The van der Waals surface area contributed by atoms with Gasteiger partial charge in [-0.1, -0.05) is 0 Å². The van der Waals surface area contributed by atoms with Gasteiger partial charge in [-0.25, -0.2) is 4.78 Å². The van der Waals surface area contributed by atoms with Crippen molar-refractivity contribution >= 4 is 64.9 Å². The van der Waals surface area contributed by atoms with Crippen LogP contribution in [0.25, 0.3) is 0 Å². The van der Waals surface area contributed by atoms with E-state index in [1.54, 1.807) is 54.3 Å². The number of nitrogens with one attached hydrogen (secondary N) is 1. The molecular formula is C21H34N4O8P4S2. The first-order chi connectivity index (χ1) is 18.5. The highest BCUT2D eigenvalue weighted by molar-refractivity contribution is 8.02. The standard InChI is InChI=1S/C21H34N4O8P4S2/c1-22-34(38)32-20-11-7-18(8-12-20)15-23-24(2)35(39)33-21-13-9-19(10-14-21)25(16-36(26,28-3)29-4)17-37(27,30-5)31-6/h7-15,34-35H,16-17H2,1-6H3,(H,22,38)/b23-15+. The van der Waals surface area contributed by atoms with E-state index >= 15 is 0 Å². The summed E-state index contributed by atoms with van der Waals surface area (Å²) >= 11 is 10.7. The molecule has 0 spiro atoms. The number of anilines is 1. The van der Waals surface area contributed by atoms with Crippen molar-refractivity contribution < 1.29 is 36.3 Å². The molecule has 0 aliphatic rings. The number of nitrogens with zero attached hydrogens (tertiary/aromatic N) is 3. The number of hydrogen-bond donors (Lipinski definition) is 1. The maximum Gasteiger partial charge on any atom is 0.349 e. The van der Waals surface area contributed by atoms with Gasteiger partial charge in [-0.3, -0.25) is 14.2 Å². The van der Waals surface area contributed by atoms with E-state index in [1.807, 2.05) is 24.3 Å². The molecule has 2 aromatic carbocycles. The summed E-state index contributed by atoms with van der Waals surface area (Å²) in [6, 6.07) is 14.2. The lowest BCUT2D eigenvalue weighted by molar-refractivity contribution is 0.270. The number of rotatable bonds is 17. The Hall–Kier alpha value is -1.13. The van der Waals surface area contributed by atoms with E-state index in [0.29, 0.717) is 17.2 Å². The average molecular weight is 659 g/mol. The first-order valence-corrected chi connectivity index (χ1v) is 19.7. The molecule has 0 aliphatic heterocycles. The molecule has 0 bridgehead atoms. The molecule has 12 nitrogen and oxygen atoms in total. The molecule has 0 radical (unpaired) electrons. The summed E-state index contributed by atoms with van der Waals surface area (Å²) in [5.41, 5.74) is 1.43. The van der Waals surface area contributed by atoms with Crippen LogP contribution in [0.2, 0.25) is 0 Å². The number of hydrogen-bond acceptors (Lipinski definition) is 12. The largest absolute Gasteiger partial charge is 0.456 e. The van der Waals surface area contributed by atoms with E-state index in [0.717, 1.165) is 5.56 Å². The molecule has 2 rings (SSSR count). The van der Waals surface area contributed by atoms with Crippen LogP contribution in [0.5, 0.6) is 11.5 Å². The van der Waals surface area contributed by atoms with Crippen LogP contribution in [-0.4, -0.2) is 66.1 Å². The van der Waals surface area contributed by atoms with Crippen molar-refractivity contribution in [3.63, 3.8) is 0 Å². The Balaban J connectivity index is 2.09. The van der Waals surface area contributed by atoms with Gasteiger partial charge in [-0.05, 0) is 84.8 Å². The Kier molecular flexibility index (Phi) is 14.3. The fraction of sp³-hybridized carbons (Fsp3) is 0.381. The zero-order valence-electron chi connectivity index (χ0n) is 22.4. The second kappa shape index (κ2) is 16.3. The highest BCUT2D eigenvalue weighted by Crippen LogP contribution is 2.52. The van der Waals surface area contributed by atoms with Gasteiger partial charge in [0.25, 0.3) is 0 Å². The highest BCUT2D eigenvalue weighted by atomic mass is 32.4. The minimum absolute atomic E-state index is 0.178. The predicted octanol–water partition coefficient (Wildman–Crippen LogP) is 5.33. The molecular weight excluding hydrogens is 624 g/mol. The van der Waals surface area contributed by atoms with Crippen molar-refractivity contribution in [1.82, 2.24) is 9.87 Å². The Morgan fingerprint density at radius 3 is 1.77 bits per heavy atom. The third kappa shape index (κ3) is 11.0. The minimum atomic E-state index is -3.49. The van der Waals surface area contributed by atoms with E-state index in [2.05, 4.69) is 10.2 Å². The van der Waals surface area contributed by atoms with E-state index in [9.17, 15) is 9.13 Å². The summed E-state index contributed by atoms with van der Waals surface area (Å²) in [5, 5.41) is 7.32. The molecule has 2 aromatic rings. The second-order valence-electron chi connectivity index (χ2n) is 7.61. The van der Waals surface area contributed by atoms with Gasteiger partial charge in [0.15, 0.2) is 7.07 Å². The molecule has 0 aliphatic carbocycles. The average Bonchev–Trinajstić information content (AvgIpc) is 2.96. The molecule has 0 fully saturated rings. The lowest BCUT2D eigenvalue weighted by Gasteiger charge is -2.29. The highest BCUT2D eigenvalue weighted by Gasteiger charge is 2.32. The van der Waals surface area contributed by atoms with Gasteiger partial charge in [0.05, 0.1) is 6.21 Å². The summed E-state index contributed by atoms with van der Waals surface area (Å²) in [6.45, 7) is 0. The van der Waals surface area contributed by atoms with Crippen LogP contribution in [0.3, 0.4) is 0 Å². The normalized spacial score (nSPS) is 13.7. The van der Waals surface area contributed by atoms with E-state index < -0.39 is 29.3 Å². The molecule has 0 heterocycles. The van der Waals surface area contributed by atoms with Gasteiger partial charge in [0.2, 0.25) is 7.07 Å². The van der Waals surface area contributed by atoms with E-state index in [4.69, 9.17) is 50.8 Å². The maximum atomic E-state index is 12.8. The third-order valence-electron chi connectivity index (χ3n) is 5.15. The van der Waals surface area contributed by atoms with E-state index in [-0.39, 0.29) is 12.6 Å². The van der Waals surface area contributed by atoms with Crippen molar-refractivity contribution in [3.05, 3.63) is 54.1 Å². The Morgan fingerprint density at radius 1 is 0.846 bits per heavy atom. The van der Waals surface area contributed by atoms with Crippen molar-refractivity contribution in [2.45, 2.75) is 0 Å².